The van der Waals surface area contributed by atoms with Crippen molar-refractivity contribution in [3.05, 3.63) is 35.8 Å². The van der Waals surface area contributed by atoms with E-state index >= 15 is 0 Å². The first-order valence-corrected chi connectivity index (χ1v) is 4.68. The van der Waals surface area contributed by atoms with Crippen LogP contribution in [0.4, 0.5) is 0 Å². The highest BCUT2D eigenvalue weighted by molar-refractivity contribution is 5.40. The van der Waals surface area contributed by atoms with E-state index in [0.717, 1.165) is 11.3 Å². The van der Waals surface area contributed by atoms with Crippen LogP contribution in [-0.2, 0) is 0 Å². The summed E-state index contributed by atoms with van der Waals surface area (Å²) in [6.07, 6.45) is 4.11. The van der Waals surface area contributed by atoms with Crippen LogP contribution in [0.1, 0.15) is 25.1 Å². The van der Waals surface area contributed by atoms with Gasteiger partial charge in [-0.3, -0.25) is 0 Å². The van der Waals surface area contributed by atoms with Crippen LogP contribution in [-0.4, -0.2) is 9.38 Å². The molecule has 2 heteroatoms. The maximum Gasteiger partial charge on any atom is 0.136 e. The topological polar surface area (TPSA) is 17.3 Å². The van der Waals surface area contributed by atoms with Crippen LogP contribution < -0.4 is 0 Å². The Labute approximate surface area is 79.2 Å². The fourth-order valence-electron chi connectivity index (χ4n) is 1.23. The van der Waals surface area contributed by atoms with E-state index in [1.807, 2.05) is 37.4 Å². The van der Waals surface area contributed by atoms with E-state index in [2.05, 4.69) is 24.2 Å². The highest BCUT2D eigenvalue weighted by Crippen LogP contribution is 2.05. The van der Waals surface area contributed by atoms with Crippen LogP contribution >= 0.6 is 0 Å². The van der Waals surface area contributed by atoms with Gasteiger partial charge in [-0.25, -0.2) is 4.98 Å². The SMILES string of the molecule is CC.Cc1ccc2nc(C)cn2c1. The number of nitrogens with zero attached hydrogens (tertiary/aromatic N) is 2. The van der Waals surface area contributed by atoms with Crippen LogP contribution in [0.3, 0.4) is 0 Å². The molecule has 0 fully saturated rings. The summed E-state index contributed by atoms with van der Waals surface area (Å²) in [5.41, 5.74) is 3.35. The zero-order valence-corrected chi connectivity index (χ0v) is 8.70. The van der Waals surface area contributed by atoms with Crippen molar-refractivity contribution in [2.24, 2.45) is 0 Å². The Bertz CT molecular complexity index is 388. The van der Waals surface area contributed by atoms with Crippen LogP contribution in [0, 0.1) is 13.8 Å². The molecule has 0 spiro atoms. The van der Waals surface area contributed by atoms with Gasteiger partial charge in [0.2, 0.25) is 0 Å². The van der Waals surface area contributed by atoms with Gasteiger partial charge in [0.05, 0.1) is 5.69 Å². The standard InChI is InChI=1S/C9H10N2.C2H6/c1-7-3-4-9-10-8(2)6-11(9)5-7;1-2/h3-6H,1-2H3;1-2H3. The third kappa shape index (κ3) is 2.08. The molecule has 0 N–H and O–H groups in total. The lowest BCUT2D eigenvalue weighted by atomic mass is 10.3. The molecule has 0 bridgehead atoms. The fraction of sp³-hybridized carbons (Fsp3) is 0.364. The highest BCUT2D eigenvalue weighted by Gasteiger charge is 1.94. The second-order valence-corrected chi connectivity index (χ2v) is 2.85. The van der Waals surface area contributed by atoms with E-state index in [0.29, 0.717) is 0 Å². The van der Waals surface area contributed by atoms with Crippen molar-refractivity contribution in [3.8, 4) is 0 Å². The van der Waals surface area contributed by atoms with Gasteiger partial charge in [-0.05, 0) is 25.5 Å². The normalized spacial score (nSPS) is 9.54. The highest BCUT2D eigenvalue weighted by atomic mass is 15.0. The van der Waals surface area contributed by atoms with Crippen molar-refractivity contribution in [3.63, 3.8) is 0 Å². The number of fused-ring (bicyclic) bond motifs is 1. The molecule has 0 aliphatic carbocycles. The van der Waals surface area contributed by atoms with Crippen molar-refractivity contribution in [2.45, 2.75) is 27.7 Å². The zero-order chi connectivity index (χ0) is 9.84. The first-order chi connectivity index (χ1) is 6.25. The summed E-state index contributed by atoms with van der Waals surface area (Å²) >= 11 is 0. The van der Waals surface area contributed by atoms with Crippen molar-refractivity contribution in [1.29, 1.82) is 0 Å². The molecule has 70 valence electrons. The first-order valence-electron chi connectivity index (χ1n) is 4.68. The molecule has 2 nitrogen and oxygen atoms in total. The van der Waals surface area contributed by atoms with Gasteiger partial charge in [-0.15, -0.1) is 0 Å². The minimum atomic E-state index is 1.02. The molecule has 2 rings (SSSR count). The van der Waals surface area contributed by atoms with E-state index in [4.69, 9.17) is 0 Å². The van der Waals surface area contributed by atoms with Crippen LogP contribution in [0.5, 0.6) is 0 Å². The Morgan fingerprint density at radius 1 is 1.08 bits per heavy atom. The minimum Gasteiger partial charge on any atom is -0.307 e. The maximum absolute atomic E-state index is 4.32. The Hall–Kier alpha value is -1.31. The Balaban J connectivity index is 0.000000396. The average Bonchev–Trinajstić information content (AvgIpc) is 2.48. The van der Waals surface area contributed by atoms with Gasteiger partial charge in [-0.1, -0.05) is 19.9 Å². The monoisotopic (exact) mass is 176 g/mol. The van der Waals surface area contributed by atoms with Crippen molar-refractivity contribution in [2.75, 3.05) is 0 Å². The third-order valence-corrected chi connectivity index (χ3v) is 1.72. The molecule has 2 heterocycles. The molecule has 0 saturated carbocycles. The summed E-state index contributed by atoms with van der Waals surface area (Å²) in [4.78, 5) is 4.32. The number of hydrogen-bond donors (Lipinski definition) is 0. The lowest BCUT2D eigenvalue weighted by molar-refractivity contribution is 1.15. The van der Waals surface area contributed by atoms with E-state index in [-0.39, 0.29) is 0 Å². The zero-order valence-electron chi connectivity index (χ0n) is 8.70. The lowest BCUT2D eigenvalue weighted by Gasteiger charge is -1.92. The molecular weight excluding hydrogens is 160 g/mol. The van der Waals surface area contributed by atoms with Crippen molar-refractivity contribution >= 4 is 5.65 Å². The number of aromatic nitrogens is 2. The van der Waals surface area contributed by atoms with Gasteiger partial charge < -0.3 is 4.40 Å². The second kappa shape index (κ2) is 4.08. The largest absolute Gasteiger partial charge is 0.307 e. The molecule has 0 aromatic carbocycles. The fourth-order valence-corrected chi connectivity index (χ4v) is 1.23. The quantitative estimate of drug-likeness (QED) is 0.603. The third-order valence-electron chi connectivity index (χ3n) is 1.72. The number of imidazole rings is 1. The summed E-state index contributed by atoms with van der Waals surface area (Å²) in [5.74, 6) is 0. The molecule has 13 heavy (non-hydrogen) atoms. The Morgan fingerprint density at radius 3 is 2.46 bits per heavy atom. The molecule has 0 aliphatic rings. The molecule has 0 amide bonds. The van der Waals surface area contributed by atoms with Crippen molar-refractivity contribution in [1.82, 2.24) is 9.38 Å². The molecule has 2 aromatic heterocycles. The Kier molecular flexibility index (Phi) is 3.07. The van der Waals surface area contributed by atoms with Crippen molar-refractivity contribution < 1.29 is 0 Å². The van der Waals surface area contributed by atoms with E-state index < -0.39 is 0 Å². The van der Waals surface area contributed by atoms with Crippen LogP contribution in [0.2, 0.25) is 0 Å². The summed E-state index contributed by atoms with van der Waals surface area (Å²) in [5, 5.41) is 0. The molecule has 0 radical (unpaired) electrons. The molecular formula is C11H16N2. The average molecular weight is 176 g/mol. The second-order valence-electron chi connectivity index (χ2n) is 2.85. The van der Waals surface area contributed by atoms with Gasteiger partial charge >= 0.3 is 0 Å². The molecule has 2 aromatic rings. The van der Waals surface area contributed by atoms with Crippen LogP contribution in [0.25, 0.3) is 5.65 Å². The molecule has 0 aliphatic heterocycles. The maximum atomic E-state index is 4.32. The number of pyridine rings is 1. The number of rotatable bonds is 0. The number of hydrogen-bond acceptors (Lipinski definition) is 1. The predicted octanol–water partition coefficient (Wildman–Crippen LogP) is 2.98. The van der Waals surface area contributed by atoms with E-state index in [1.54, 1.807) is 0 Å². The van der Waals surface area contributed by atoms with E-state index in [9.17, 15) is 0 Å². The lowest BCUT2D eigenvalue weighted by Crippen LogP contribution is -1.82. The van der Waals surface area contributed by atoms with Gasteiger partial charge in [0.1, 0.15) is 5.65 Å². The first kappa shape index (κ1) is 9.78. The van der Waals surface area contributed by atoms with Gasteiger partial charge in [0.15, 0.2) is 0 Å². The van der Waals surface area contributed by atoms with Gasteiger partial charge in [-0.2, -0.15) is 0 Å². The Morgan fingerprint density at radius 2 is 1.77 bits per heavy atom. The summed E-state index contributed by atoms with van der Waals surface area (Å²) in [7, 11) is 0. The smallest absolute Gasteiger partial charge is 0.136 e. The summed E-state index contributed by atoms with van der Waals surface area (Å²) < 4.78 is 2.05. The minimum absolute atomic E-state index is 1.02. The molecule has 0 atom stereocenters. The van der Waals surface area contributed by atoms with Gasteiger partial charge in [0.25, 0.3) is 0 Å². The number of aryl methyl sites for hydroxylation is 2. The van der Waals surface area contributed by atoms with E-state index in [1.165, 1.54) is 5.56 Å². The summed E-state index contributed by atoms with van der Waals surface area (Å²) in [6, 6.07) is 4.10. The molecule has 0 saturated heterocycles. The molecule has 0 unspecified atom stereocenters. The van der Waals surface area contributed by atoms with Crippen LogP contribution in [0.15, 0.2) is 24.5 Å². The van der Waals surface area contributed by atoms with Gasteiger partial charge in [0, 0.05) is 12.4 Å². The summed E-state index contributed by atoms with van der Waals surface area (Å²) in [6.45, 7) is 8.08. The predicted molar refractivity (Wildman–Crippen MR) is 56.0 cm³/mol.